The van der Waals surface area contributed by atoms with Crippen LogP contribution in [0.5, 0.6) is 5.75 Å². The Bertz CT molecular complexity index is 986. The van der Waals surface area contributed by atoms with Crippen LogP contribution in [-0.2, 0) is 31.1 Å². The van der Waals surface area contributed by atoms with E-state index in [1.807, 2.05) is 31.2 Å². The fourth-order valence-corrected chi connectivity index (χ4v) is 5.13. The van der Waals surface area contributed by atoms with Crippen LogP contribution in [0.1, 0.15) is 24.6 Å². The summed E-state index contributed by atoms with van der Waals surface area (Å²) in [5.74, 6) is 1.12. The van der Waals surface area contributed by atoms with E-state index in [0.717, 1.165) is 29.1 Å². The first-order valence-corrected chi connectivity index (χ1v) is 11.4. The van der Waals surface area contributed by atoms with E-state index in [-0.39, 0.29) is 30.5 Å². The van der Waals surface area contributed by atoms with E-state index >= 15 is 0 Å². The molecule has 1 aromatic heterocycles. The highest BCUT2D eigenvalue weighted by atomic mass is 32.3. The minimum absolute atomic E-state index is 0.0219. The Morgan fingerprint density at radius 1 is 1.34 bits per heavy atom. The van der Waals surface area contributed by atoms with E-state index in [9.17, 15) is 13.6 Å². The maximum atomic E-state index is 13.3. The highest BCUT2D eigenvalue weighted by Gasteiger charge is 2.46. The lowest BCUT2D eigenvalue weighted by atomic mass is 9.86. The number of nitrogens with one attached hydrogen (secondary N) is 1. The predicted octanol–water partition coefficient (Wildman–Crippen LogP) is 1.90. The molecule has 2 aromatic rings. The summed E-state index contributed by atoms with van der Waals surface area (Å²) in [7, 11) is -1.43. The van der Waals surface area contributed by atoms with Crippen molar-refractivity contribution in [3.8, 4) is 5.75 Å². The van der Waals surface area contributed by atoms with Crippen molar-refractivity contribution in [1.82, 2.24) is 14.9 Å². The zero-order chi connectivity index (χ0) is 20.6. The molecule has 9 heteroatoms. The van der Waals surface area contributed by atoms with Gasteiger partial charge in [0.25, 0.3) is 0 Å². The molecule has 1 aliphatic carbocycles. The number of nitrogens with zero attached hydrogens (tertiary/aromatic N) is 3. The van der Waals surface area contributed by atoms with Crippen LogP contribution in [0, 0.1) is 0 Å². The van der Waals surface area contributed by atoms with Crippen molar-refractivity contribution in [2.45, 2.75) is 25.2 Å². The Labute approximate surface area is 170 Å². The SMILES string of the molecule is COc1cccc(Nc2ncc3c(n2)C(C)(C(=O)N2CC[S+](=O)([O-])CC2)CC3)c1. The molecular weight excluding hydrogens is 392 g/mol. The van der Waals surface area contributed by atoms with Crippen LogP contribution in [0.3, 0.4) is 0 Å². The molecule has 1 unspecified atom stereocenters. The van der Waals surface area contributed by atoms with Gasteiger partial charge >= 0.3 is 0 Å². The number of amides is 1. The number of carbonyl (C=O) groups excluding carboxylic acids is 1. The Morgan fingerprint density at radius 3 is 2.83 bits per heavy atom. The molecule has 0 bridgehead atoms. The van der Waals surface area contributed by atoms with Crippen LogP contribution in [0.15, 0.2) is 30.5 Å². The molecule has 2 heterocycles. The second kappa shape index (κ2) is 7.38. The summed E-state index contributed by atoms with van der Waals surface area (Å²) in [5.41, 5.74) is 1.69. The number of methoxy groups -OCH3 is 1. The Morgan fingerprint density at radius 2 is 2.10 bits per heavy atom. The van der Waals surface area contributed by atoms with Crippen molar-refractivity contribution in [3.63, 3.8) is 0 Å². The molecule has 1 N–H and O–H groups in total. The number of sulfone groups is 1. The van der Waals surface area contributed by atoms with E-state index in [0.29, 0.717) is 12.4 Å². The van der Waals surface area contributed by atoms with Crippen LogP contribution >= 0.6 is 0 Å². The average Bonchev–Trinajstić information content (AvgIpc) is 3.05. The molecule has 1 atom stereocenters. The van der Waals surface area contributed by atoms with E-state index < -0.39 is 15.6 Å². The lowest BCUT2D eigenvalue weighted by Gasteiger charge is -2.35. The molecule has 1 saturated heterocycles. The lowest BCUT2D eigenvalue weighted by molar-refractivity contribution is -0.136. The quantitative estimate of drug-likeness (QED) is 0.759. The summed E-state index contributed by atoms with van der Waals surface area (Å²) < 4.78 is 28.7. The van der Waals surface area contributed by atoms with Crippen LogP contribution in [0.25, 0.3) is 0 Å². The third-order valence-electron chi connectivity index (χ3n) is 5.71. The maximum absolute atomic E-state index is 13.3. The maximum Gasteiger partial charge on any atom is 0.234 e. The number of hydrogen-bond donors (Lipinski definition) is 1. The number of anilines is 2. The third-order valence-corrected chi connectivity index (χ3v) is 7.32. The molecule has 29 heavy (non-hydrogen) atoms. The van der Waals surface area contributed by atoms with Gasteiger partial charge in [0, 0.05) is 18.0 Å². The summed E-state index contributed by atoms with van der Waals surface area (Å²) in [6, 6.07) is 7.45. The first-order chi connectivity index (χ1) is 13.8. The van der Waals surface area contributed by atoms with Crippen molar-refractivity contribution in [3.05, 3.63) is 41.7 Å². The minimum Gasteiger partial charge on any atom is -0.615 e. The Balaban J connectivity index is 1.57. The van der Waals surface area contributed by atoms with Gasteiger partial charge in [-0.05, 0) is 37.5 Å². The van der Waals surface area contributed by atoms with Crippen molar-refractivity contribution in [1.29, 1.82) is 0 Å². The number of fused-ring (bicyclic) bond motifs is 1. The molecule has 8 nitrogen and oxygen atoms in total. The normalized spacial score (nSPS) is 22.8. The predicted molar refractivity (Wildman–Crippen MR) is 109 cm³/mol. The number of benzene rings is 1. The number of aromatic nitrogens is 2. The van der Waals surface area contributed by atoms with Crippen molar-refractivity contribution in [2.24, 2.45) is 0 Å². The highest BCUT2D eigenvalue weighted by molar-refractivity contribution is 7.97. The molecule has 1 aromatic carbocycles. The summed E-state index contributed by atoms with van der Waals surface area (Å²) in [6.07, 6.45) is 3.13. The summed E-state index contributed by atoms with van der Waals surface area (Å²) in [4.78, 5) is 24.0. The van der Waals surface area contributed by atoms with Gasteiger partial charge in [-0.25, -0.2) is 9.97 Å². The van der Waals surface area contributed by atoms with Gasteiger partial charge < -0.3 is 19.5 Å². The highest BCUT2D eigenvalue weighted by Crippen LogP contribution is 2.39. The molecule has 2 aliphatic rings. The van der Waals surface area contributed by atoms with Gasteiger partial charge in [0.05, 0.1) is 41.5 Å². The molecule has 1 fully saturated rings. The van der Waals surface area contributed by atoms with E-state index in [4.69, 9.17) is 4.74 Å². The second-order valence-electron chi connectivity index (χ2n) is 7.70. The van der Waals surface area contributed by atoms with Crippen LogP contribution in [0.2, 0.25) is 0 Å². The number of rotatable bonds is 4. The molecule has 0 saturated carbocycles. The largest absolute Gasteiger partial charge is 0.615 e. The number of carbonyl (C=O) groups is 1. The molecule has 4 rings (SSSR count). The van der Waals surface area contributed by atoms with Gasteiger partial charge in [0.2, 0.25) is 11.9 Å². The zero-order valence-corrected chi connectivity index (χ0v) is 17.3. The number of ether oxygens (including phenoxy) is 1. The second-order valence-corrected chi connectivity index (χ2v) is 10.0. The van der Waals surface area contributed by atoms with E-state index in [1.54, 1.807) is 18.2 Å². The topological polar surface area (TPSA) is 107 Å². The van der Waals surface area contributed by atoms with E-state index in [1.165, 1.54) is 0 Å². The van der Waals surface area contributed by atoms with Gasteiger partial charge in [0.1, 0.15) is 17.3 Å². The average molecular weight is 417 g/mol. The number of aryl methyl sites for hydroxylation is 1. The summed E-state index contributed by atoms with van der Waals surface area (Å²) in [6.45, 7) is 2.38. The van der Waals surface area contributed by atoms with Gasteiger partial charge in [0.15, 0.2) is 0 Å². The van der Waals surface area contributed by atoms with Crippen molar-refractivity contribution >= 4 is 27.8 Å². The zero-order valence-electron chi connectivity index (χ0n) is 16.5. The van der Waals surface area contributed by atoms with Crippen LogP contribution in [-0.4, -0.2) is 57.0 Å². The van der Waals surface area contributed by atoms with Gasteiger partial charge in [-0.2, -0.15) is 0 Å². The first kappa shape index (κ1) is 19.8. The molecule has 0 spiro atoms. The first-order valence-electron chi connectivity index (χ1n) is 9.58. The smallest absolute Gasteiger partial charge is 0.234 e. The van der Waals surface area contributed by atoms with Gasteiger partial charge in [-0.3, -0.25) is 4.79 Å². The van der Waals surface area contributed by atoms with Crippen molar-refractivity contribution < 1.29 is 18.3 Å². The van der Waals surface area contributed by atoms with Crippen LogP contribution < -0.4 is 10.1 Å². The Kier molecular flexibility index (Phi) is 5.04. The minimum atomic E-state index is -3.04. The monoisotopic (exact) mass is 416 g/mol. The van der Waals surface area contributed by atoms with Gasteiger partial charge in [-0.15, -0.1) is 4.21 Å². The molecule has 154 valence electrons. The molecule has 1 aliphatic heterocycles. The third kappa shape index (κ3) is 3.84. The van der Waals surface area contributed by atoms with Crippen molar-refractivity contribution in [2.75, 3.05) is 37.0 Å². The Hall–Kier alpha value is -2.52. The number of hydrogen-bond acceptors (Lipinski definition) is 7. The van der Waals surface area contributed by atoms with E-state index in [2.05, 4.69) is 15.3 Å². The lowest BCUT2D eigenvalue weighted by Crippen LogP contribution is -2.52. The fraction of sp³-hybridized carbons (Fsp3) is 0.450. The molecule has 0 radical (unpaired) electrons. The molecule has 1 amide bonds. The standard InChI is InChI=1S/C20H24N4O4S/c1-20(18(25)24-8-10-29(26,27)11-9-24)7-6-14-13-21-19(23-17(14)20)22-15-4-3-5-16(12-15)28-2/h3-5,12-13H,6-11H2,1-2H3,(H-,21,22,23,26,27). The van der Waals surface area contributed by atoms with Crippen LogP contribution in [0.4, 0.5) is 11.6 Å². The summed E-state index contributed by atoms with van der Waals surface area (Å²) in [5, 5.41) is 3.17. The fourth-order valence-electron chi connectivity index (χ4n) is 3.93. The molecular formula is C20H24N4O4S. The van der Waals surface area contributed by atoms with Gasteiger partial charge in [-0.1, -0.05) is 6.07 Å². The summed E-state index contributed by atoms with van der Waals surface area (Å²) >= 11 is 0.